The largest absolute Gasteiger partial charge is 0.348 e. The molecule has 0 saturated heterocycles. The van der Waals surface area contributed by atoms with Gasteiger partial charge in [0.2, 0.25) is 10.0 Å². The molecular formula is C15H24N2O3S. The Hall–Kier alpha value is -1.14. The third-order valence-electron chi connectivity index (χ3n) is 3.92. The highest BCUT2D eigenvalue weighted by Gasteiger charge is 2.33. The second-order valence-corrected chi connectivity index (χ2v) is 8.59. The van der Waals surface area contributed by atoms with Crippen LogP contribution in [-0.2, 0) is 23.0 Å². The highest BCUT2D eigenvalue weighted by atomic mass is 32.2. The summed E-state index contributed by atoms with van der Waals surface area (Å²) in [5, 5.41) is 0. The number of sulfonamides is 1. The SMILES string of the molecule is Cc1cc2c(n1CCCNS(C)(=O)=O)CC(C)(C)CC2=O. The second kappa shape index (κ2) is 5.57. The standard InChI is InChI=1S/C15H24N2O3S/c1-11-8-12-13(9-15(2,3)10-14(12)18)17(11)7-5-6-16-21(4,19)20/h8,16H,5-7,9-10H2,1-4H3. The summed E-state index contributed by atoms with van der Waals surface area (Å²) < 4.78 is 26.8. The van der Waals surface area contributed by atoms with E-state index in [9.17, 15) is 13.2 Å². The lowest BCUT2D eigenvalue weighted by molar-refractivity contribution is 0.0910. The molecule has 0 saturated carbocycles. The molecule has 0 amide bonds. The Morgan fingerprint density at radius 1 is 1.33 bits per heavy atom. The summed E-state index contributed by atoms with van der Waals surface area (Å²) in [5.41, 5.74) is 3.03. The third-order valence-corrected chi connectivity index (χ3v) is 4.65. The first-order valence-electron chi connectivity index (χ1n) is 7.26. The zero-order valence-corrected chi connectivity index (χ0v) is 14.0. The molecule has 0 unspecified atom stereocenters. The van der Waals surface area contributed by atoms with Gasteiger partial charge >= 0.3 is 0 Å². The van der Waals surface area contributed by atoms with Crippen LogP contribution >= 0.6 is 0 Å². The number of hydrogen-bond acceptors (Lipinski definition) is 3. The molecule has 0 radical (unpaired) electrons. The van der Waals surface area contributed by atoms with Gasteiger partial charge < -0.3 is 4.57 Å². The predicted molar refractivity (Wildman–Crippen MR) is 83.1 cm³/mol. The van der Waals surface area contributed by atoms with Crippen LogP contribution in [0.4, 0.5) is 0 Å². The summed E-state index contributed by atoms with van der Waals surface area (Å²) >= 11 is 0. The highest BCUT2D eigenvalue weighted by Crippen LogP contribution is 2.36. The third kappa shape index (κ3) is 3.95. The van der Waals surface area contributed by atoms with Crippen molar-refractivity contribution in [1.29, 1.82) is 0 Å². The number of nitrogens with one attached hydrogen (secondary N) is 1. The number of hydrogen-bond donors (Lipinski definition) is 1. The average Bonchev–Trinajstić information content (AvgIpc) is 2.59. The van der Waals surface area contributed by atoms with Crippen molar-refractivity contribution in [2.75, 3.05) is 12.8 Å². The number of carbonyl (C=O) groups excluding carboxylic acids is 1. The molecule has 0 bridgehead atoms. The lowest BCUT2D eigenvalue weighted by atomic mass is 9.76. The maximum Gasteiger partial charge on any atom is 0.208 e. The Morgan fingerprint density at radius 2 is 2.00 bits per heavy atom. The summed E-state index contributed by atoms with van der Waals surface area (Å²) in [6, 6.07) is 1.97. The van der Waals surface area contributed by atoms with E-state index >= 15 is 0 Å². The fourth-order valence-electron chi connectivity index (χ4n) is 3.01. The van der Waals surface area contributed by atoms with Gasteiger partial charge in [0.15, 0.2) is 5.78 Å². The van der Waals surface area contributed by atoms with Crippen molar-refractivity contribution in [3.05, 3.63) is 23.0 Å². The molecular weight excluding hydrogens is 288 g/mol. The zero-order valence-electron chi connectivity index (χ0n) is 13.2. The minimum absolute atomic E-state index is 0.00235. The fraction of sp³-hybridized carbons (Fsp3) is 0.667. The van der Waals surface area contributed by atoms with E-state index in [-0.39, 0.29) is 11.2 Å². The monoisotopic (exact) mass is 312 g/mol. The molecule has 2 rings (SSSR count). The van der Waals surface area contributed by atoms with Gasteiger partial charge in [-0.25, -0.2) is 13.1 Å². The van der Waals surface area contributed by atoms with Crippen molar-refractivity contribution in [3.8, 4) is 0 Å². The molecule has 1 aromatic rings. The zero-order chi connectivity index (χ0) is 15.8. The van der Waals surface area contributed by atoms with Gasteiger partial charge in [-0.1, -0.05) is 13.8 Å². The van der Waals surface area contributed by atoms with Crippen molar-refractivity contribution in [2.24, 2.45) is 5.41 Å². The Labute approximate surface area is 126 Å². The van der Waals surface area contributed by atoms with E-state index in [4.69, 9.17) is 0 Å². The number of carbonyl (C=O) groups is 1. The topological polar surface area (TPSA) is 68.2 Å². The lowest BCUT2D eigenvalue weighted by Crippen LogP contribution is -2.28. The van der Waals surface area contributed by atoms with E-state index in [0.29, 0.717) is 19.4 Å². The number of Topliss-reactive ketones (excluding diaryl/α,β-unsaturated/α-hetero) is 1. The first kappa shape index (κ1) is 16.2. The molecule has 1 heterocycles. The number of rotatable bonds is 5. The number of ketones is 1. The molecule has 0 atom stereocenters. The molecule has 0 spiro atoms. The number of nitrogens with zero attached hydrogens (tertiary/aromatic N) is 1. The minimum atomic E-state index is -3.13. The van der Waals surface area contributed by atoms with Gasteiger partial charge in [0.05, 0.1) is 6.26 Å². The number of fused-ring (bicyclic) bond motifs is 1. The molecule has 0 aromatic carbocycles. The van der Waals surface area contributed by atoms with Crippen LogP contribution in [0.5, 0.6) is 0 Å². The van der Waals surface area contributed by atoms with Gasteiger partial charge in [-0.05, 0) is 31.2 Å². The molecule has 5 nitrogen and oxygen atoms in total. The lowest BCUT2D eigenvalue weighted by Gasteiger charge is -2.30. The van der Waals surface area contributed by atoms with Crippen LogP contribution in [0.15, 0.2) is 6.07 Å². The first-order chi connectivity index (χ1) is 9.59. The Morgan fingerprint density at radius 3 is 2.62 bits per heavy atom. The van der Waals surface area contributed by atoms with E-state index in [0.717, 1.165) is 36.2 Å². The van der Waals surface area contributed by atoms with Gasteiger partial charge in [0.1, 0.15) is 0 Å². The summed E-state index contributed by atoms with van der Waals surface area (Å²) in [7, 11) is -3.13. The molecule has 21 heavy (non-hydrogen) atoms. The van der Waals surface area contributed by atoms with Crippen LogP contribution in [0.25, 0.3) is 0 Å². The quantitative estimate of drug-likeness (QED) is 0.844. The maximum absolute atomic E-state index is 12.2. The molecule has 1 N–H and O–H groups in total. The van der Waals surface area contributed by atoms with Crippen molar-refractivity contribution in [1.82, 2.24) is 9.29 Å². The smallest absolute Gasteiger partial charge is 0.208 e. The van der Waals surface area contributed by atoms with Gasteiger partial charge in [0, 0.05) is 36.5 Å². The van der Waals surface area contributed by atoms with Crippen LogP contribution in [0, 0.1) is 12.3 Å². The summed E-state index contributed by atoms with van der Waals surface area (Å²) in [5.74, 6) is 0.220. The number of aryl methyl sites for hydroxylation is 1. The molecule has 1 aliphatic carbocycles. The van der Waals surface area contributed by atoms with Crippen LogP contribution in [0.1, 0.15) is 48.4 Å². The average molecular weight is 312 g/mol. The number of aromatic nitrogens is 1. The molecule has 118 valence electrons. The molecule has 0 fully saturated rings. The van der Waals surface area contributed by atoms with E-state index in [1.807, 2.05) is 13.0 Å². The molecule has 0 aliphatic heterocycles. The molecule has 1 aliphatic rings. The van der Waals surface area contributed by atoms with Crippen LogP contribution in [0.2, 0.25) is 0 Å². The summed E-state index contributed by atoms with van der Waals surface area (Å²) in [4.78, 5) is 12.2. The van der Waals surface area contributed by atoms with Crippen molar-refractivity contribution < 1.29 is 13.2 Å². The second-order valence-electron chi connectivity index (χ2n) is 6.76. The Balaban J connectivity index is 2.13. The Bertz CT molecular complexity index is 657. The van der Waals surface area contributed by atoms with Crippen molar-refractivity contribution in [3.63, 3.8) is 0 Å². The van der Waals surface area contributed by atoms with Gasteiger partial charge in [-0.2, -0.15) is 0 Å². The van der Waals surface area contributed by atoms with Crippen LogP contribution in [-0.4, -0.2) is 31.6 Å². The normalized spacial score (nSPS) is 17.8. The predicted octanol–water partition coefficient (Wildman–Crippen LogP) is 1.89. The highest BCUT2D eigenvalue weighted by molar-refractivity contribution is 7.88. The van der Waals surface area contributed by atoms with Gasteiger partial charge in [-0.15, -0.1) is 0 Å². The molecule has 6 heteroatoms. The molecule has 1 aromatic heterocycles. The first-order valence-corrected chi connectivity index (χ1v) is 9.15. The van der Waals surface area contributed by atoms with E-state index in [1.54, 1.807) is 0 Å². The van der Waals surface area contributed by atoms with E-state index in [1.165, 1.54) is 0 Å². The van der Waals surface area contributed by atoms with Crippen LogP contribution < -0.4 is 4.72 Å². The fourth-order valence-corrected chi connectivity index (χ4v) is 3.53. The Kier molecular flexibility index (Phi) is 4.31. The van der Waals surface area contributed by atoms with Crippen molar-refractivity contribution >= 4 is 15.8 Å². The maximum atomic E-state index is 12.2. The van der Waals surface area contributed by atoms with Crippen molar-refractivity contribution in [2.45, 2.75) is 46.6 Å². The summed E-state index contributed by atoms with van der Waals surface area (Å²) in [6.45, 7) is 7.38. The van der Waals surface area contributed by atoms with E-state index in [2.05, 4.69) is 23.1 Å². The minimum Gasteiger partial charge on any atom is -0.348 e. The van der Waals surface area contributed by atoms with Gasteiger partial charge in [0.25, 0.3) is 0 Å². The van der Waals surface area contributed by atoms with Gasteiger partial charge in [-0.3, -0.25) is 4.79 Å². The van der Waals surface area contributed by atoms with Crippen LogP contribution in [0.3, 0.4) is 0 Å². The van der Waals surface area contributed by atoms with E-state index < -0.39 is 10.0 Å². The summed E-state index contributed by atoms with van der Waals surface area (Å²) in [6.07, 6.45) is 3.36.